The van der Waals surface area contributed by atoms with Crippen molar-refractivity contribution in [2.24, 2.45) is 10.9 Å². The second kappa shape index (κ2) is 8.41. The van der Waals surface area contributed by atoms with Crippen LogP contribution in [0.2, 0.25) is 0 Å². The van der Waals surface area contributed by atoms with Gasteiger partial charge in [-0.2, -0.15) is 0 Å². The van der Waals surface area contributed by atoms with Gasteiger partial charge in [0.15, 0.2) is 5.96 Å². The Morgan fingerprint density at radius 3 is 2.16 bits per heavy atom. The summed E-state index contributed by atoms with van der Waals surface area (Å²) in [6.07, 6.45) is 5.22. The van der Waals surface area contributed by atoms with Crippen molar-refractivity contribution in [2.45, 2.75) is 32.6 Å². The van der Waals surface area contributed by atoms with Crippen LogP contribution in [0, 0.1) is 5.92 Å². The van der Waals surface area contributed by atoms with Gasteiger partial charge in [0.2, 0.25) is 0 Å². The Morgan fingerprint density at radius 2 is 1.63 bits per heavy atom. The normalized spacial score (nSPS) is 17.3. The van der Waals surface area contributed by atoms with E-state index in [1.807, 2.05) is 28.2 Å². The zero-order valence-electron chi connectivity index (χ0n) is 13.5. The highest BCUT2D eigenvalue weighted by atomic mass is 15.3. The molecule has 4 nitrogen and oxygen atoms in total. The first-order valence-corrected chi connectivity index (χ1v) is 7.62. The average Bonchev–Trinajstić information content (AvgIpc) is 2.34. The van der Waals surface area contributed by atoms with Gasteiger partial charge in [-0.15, -0.1) is 0 Å². The van der Waals surface area contributed by atoms with E-state index in [4.69, 9.17) is 0 Å². The lowest BCUT2D eigenvalue weighted by atomic mass is 9.99. The molecule has 1 saturated heterocycles. The molecule has 1 rings (SSSR count). The maximum absolute atomic E-state index is 4.67. The maximum Gasteiger partial charge on any atom is 0.195 e. The van der Waals surface area contributed by atoms with Crippen molar-refractivity contribution in [1.82, 2.24) is 14.7 Å². The first-order valence-electron chi connectivity index (χ1n) is 7.62. The number of piperidine rings is 1. The zero-order valence-corrected chi connectivity index (χ0v) is 13.5. The summed E-state index contributed by atoms with van der Waals surface area (Å²) < 4.78 is 0. The van der Waals surface area contributed by atoms with Crippen molar-refractivity contribution in [3.05, 3.63) is 0 Å². The fourth-order valence-electron chi connectivity index (χ4n) is 2.59. The molecular formula is C15H32N4. The molecule has 1 aliphatic rings. The Labute approximate surface area is 119 Å². The smallest absolute Gasteiger partial charge is 0.195 e. The highest BCUT2D eigenvalue weighted by Crippen LogP contribution is 2.16. The average molecular weight is 268 g/mol. The van der Waals surface area contributed by atoms with E-state index >= 15 is 0 Å². The molecule has 0 spiro atoms. The fourth-order valence-corrected chi connectivity index (χ4v) is 2.59. The Bertz CT molecular complexity index is 255. The van der Waals surface area contributed by atoms with E-state index < -0.39 is 0 Å². The lowest BCUT2D eigenvalue weighted by molar-refractivity contribution is 0.190. The van der Waals surface area contributed by atoms with Gasteiger partial charge in [-0.05, 0) is 51.2 Å². The van der Waals surface area contributed by atoms with Crippen LogP contribution in [0.3, 0.4) is 0 Å². The second-order valence-corrected chi connectivity index (χ2v) is 6.20. The maximum atomic E-state index is 4.67. The number of likely N-dealkylation sites (tertiary alicyclic amines) is 1. The Kier molecular flexibility index (Phi) is 7.21. The molecular weight excluding hydrogens is 236 g/mol. The molecule has 0 bridgehead atoms. The molecule has 0 N–H and O–H groups in total. The largest absolute Gasteiger partial charge is 0.349 e. The second-order valence-electron chi connectivity index (χ2n) is 6.20. The van der Waals surface area contributed by atoms with E-state index in [1.54, 1.807) is 0 Å². The van der Waals surface area contributed by atoms with Gasteiger partial charge < -0.3 is 14.7 Å². The van der Waals surface area contributed by atoms with Crippen molar-refractivity contribution in [2.75, 3.05) is 54.4 Å². The van der Waals surface area contributed by atoms with Crippen LogP contribution in [0.4, 0.5) is 0 Å². The van der Waals surface area contributed by atoms with Crippen molar-refractivity contribution in [3.8, 4) is 0 Å². The summed E-state index contributed by atoms with van der Waals surface area (Å²) in [5, 5.41) is 0. The standard InChI is InChI=1S/C15H32N4/c1-14-8-12-19(13-9-14)11-7-6-10-16-15(17(2)3)18(4)5/h14H,6-13H2,1-5H3. The van der Waals surface area contributed by atoms with E-state index in [9.17, 15) is 0 Å². The molecule has 0 saturated carbocycles. The first kappa shape index (κ1) is 16.3. The van der Waals surface area contributed by atoms with E-state index in [1.165, 1.54) is 45.3 Å². The Morgan fingerprint density at radius 1 is 1.05 bits per heavy atom. The topological polar surface area (TPSA) is 22.1 Å². The van der Waals surface area contributed by atoms with Crippen LogP contribution in [0.1, 0.15) is 32.6 Å². The van der Waals surface area contributed by atoms with E-state index in [2.05, 4.69) is 26.6 Å². The van der Waals surface area contributed by atoms with Crippen LogP contribution in [-0.2, 0) is 0 Å². The molecule has 0 amide bonds. The van der Waals surface area contributed by atoms with Gasteiger partial charge in [-0.3, -0.25) is 4.99 Å². The molecule has 0 atom stereocenters. The van der Waals surface area contributed by atoms with Crippen LogP contribution in [0.15, 0.2) is 4.99 Å². The van der Waals surface area contributed by atoms with Gasteiger partial charge in [0.05, 0.1) is 0 Å². The molecule has 19 heavy (non-hydrogen) atoms. The van der Waals surface area contributed by atoms with Crippen LogP contribution in [-0.4, -0.2) is 75.0 Å². The van der Waals surface area contributed by atoms with Crippen LogP contribution < -0.4 is 0 Å². The van der Waals surface area contributed by atoms with Gasteiger partial charge in [0.1, 0.15) is 0 Å². The molecule has 1 heterocycles. The third-order valence-electron chi connectivity index (χ3n) is 3.81. The number of hydrogen-bond donors (Lipinski definition) is 0. The monoisotopic (exact) mass is 268 g/mol. The number of aliphatic imine (C=N–C) groups is 1. The molecule has 0 aromatic heterocycles. The van der Waals surface area contributed by atoms with Gasteiger partial charge in [0.25, 0.3) is 0 Å². The summed E-state index contributed by atoms with van der Waals surface area (Å²) in [5.41, 5.74) is 0. The summed E-state index contributed by atoms with van der Waals surface area (Å²) in [5.74, 6) is 2.00. The number of rotatable bonds is 5. The Hall–Kier alpha value is -0.770. The van der Waals surface area contributed by atoms with Gasteiger partial charge in [0, 0.05) is 34.7 Å². The van der Waals surface area contributed by atoms with Crippen LogP contribution in [0.25, 0.3) is 0 Å². The molecule has 0 radical (unpaired) electrons. The summed E-state index contributed by atoms with van der Waals surface area (Å²) in [6.45, 7) is 7.16. The lowest BCUT2D eigenvalue weighted by Gasteiger charge is -2.30. The third kappa shape index (κ3) is 6.28. The van der Waals surface area contributed by atoms with E-state index in [-0.39, 0.29) is 0 Å². The van der Waals surface area contributed by atoms with Crippen molar-refractivity contribution in [1.29, 1.82) is 0 Å². The molecule has 112 valence electrons. The molecule has 0 aromatic rings. The molecule has 0 aromatic carbocycles. The quantitative estimate of drug-likeness (QED) is 0.432. The minimum atomic E-state index is 0.934. The van der Waals surface area contributed by atoms with Gasteiger partial charge in [-0.25, -0.2) is 0 Å². The summed E-state index contributed by atoms with van der Waals surface area (Å²) >= 11 is 0. The molecule has 1 fully saturated rings. The number of unbranched alkanes of at least 4 members (excludes halogenated alkanes) is 1. The highest BCUT2D eigenvalue weighted by Gasteiger charge is 2.14. The Balaban J connectivity index is 2.15. The third-order valence-corrected chi connectivity index (χ3v) is 3.81. The van der Waals surface area contributed by atoms with Crippen molar-refractivity contribution < 1.29 is 0 Å². The highest BCUT2D eigenvalue weighted by molar-refractivity contribution is 5.79. The molecule has 0 aliphatic carbocycles. The minimum Gasteiger partial charge on any atom is -0.349 e. The minimum absolute atomic E-state index is 0.934. The molecule has 1 aliphatic heterocycles. The fraction of sp³-hybridized carbons (Fsp3) is 0.933. The van der Waals surface area contributed by atoms with Gasteiger partial charge >= 0.3 is 0 Å². The summed E-state index contributed by atoms with van der Waals surface area (Å²) in [4.78, 5) is 11.4. The predicted octanol–water partition coefficient (Wildman–Crippen LogP) is 1.98. The number of guanidine groups is 1. The first-order chi connectivity index (χ1) is 9.00. The van der Waals surface area contributed by atoms with Crippen LogP contribution >= 0.6 is 0 Å². The van der Waals surface area contributed by atoms with Crippen molar-refractivity contribution in [3.63, 3.8) is 0 Å². The predicted molar refractivity (Wildman–Crippen MR) is 83.7 cm³/mol. The number of hydrogen-bond acceptors (Lipinski definition) is 2. The summed E-state index contributed by atoms with van der Waals surface area (Å²) in [7, 11) is 8.20. The zero-order chi connectivity index (χ0) is 14.3. The van der Waals surface area contributed by atoms with Gasteiger partial charge in [-0.1, -0.05) is 6.92 Å². The van der Waals surface area contributed by atoms with E-state index in [0.717, 1.165) is 18.4 Å². The van der Waals surface area contributed by atoms with Crippen LogP contribution in [0.5, 0.6) is 0 Å². The van der Waals surface area contributed by atoms with Crippen molar-refractivity contribution >= 4 is 5.96 Å². The molecule has 0 unspecified atom stereocenters. The SMILES string of the molecule is CC1CCN(CCCCN=C(N(C)C)N(C)C)CC1. The summed E-state index contributed by atoms with van der Waals surface area (Å²) in [6, 6.07) is 0. The lowest BCUT2D eigenvalue weighted by Crippen LogP contribution is -2.35. The molecule has 4 heteroatoms. The van der Waals surface area contributed by atoms with E-state index in [0.29, 0.717) is 0 Å². The number of nitrogens with zero attached hydrogens (tertiary/aromatic N) is 4.